The maximum absolute atomic E-state index is 14.9. The van der Waals surface area contributed by atoms with Crippen LogP contribution in [-0.2, 0) is 18.5 Å². The highest BCUT2D eigenvalue weighted by Gasteiger charge is 2.41. The van der Waals surface area contributed by atoms with Gasteiger partial charge in [-0.05, 0) is 65.7 Å². The zero-order valence-corrected chi connectivity index (χ0v) is 26.7. The van der Waals surface area contributed by atoms with Crippen molar-refractivity contribution in [3.8, 4) is 33.8 Å². The predicted octanol–water partition coefficient (Wildman–Crippen LogP) is 7.72. The Bertz CT molecular complexity index is 2330. The molecule has 3 heterocycles. The van der Waals surface area contributed by atoms with Crippen LogP contribution in [0.15, 0.2) is 91.0 Å². The van der Waals surface area contributed by atoms with Crippen molar-refractivity contribution in [2.75, 3.05) is 0 Å². The summed E-state index contributed by atoms with van der Waals surface area (Å²) in [7, 11) is -3.97. The summed E-state index contributed by atoms with van der Waals surface area (Å²) in [6.45, 7) is 0. The fraction of sp³-hybridized carbons (Fsp3) is 0.100. The van der Waals surface area contributed by atoms with Crippen molar-refractivity contribution in [2.45, 2.75) is 18.5 Å². The summed E-state index contributed by atoms with van der Waals surface area (Å²) in [5, 5.41) is 44.8. The molecule has 0 atom stereocenters. The molecule has 0 fully saturated rings. The maximum Gasteiger partial charge on any atom is 0.435 e. The fourth-order valence-electron chi connectivity index (χ4n) is 5.65. The van der Waals surface area contributed by atoms with Gasteiger partial charge in [0.1, 0.15) is 5.69 Å². The third kappa shape index (κ3) is 7.43. The molecule has 0 amide bonds. The second kappa shape index (κ2) is 13.4. The van der Waals surface area contributed by atoms with Crippen LogP contribution in [-0.4, -0.2) is 51.0 Å². The number of alkyl halides is 9. The van der Waals surface area contributed by atoms with Crippen LogP contribution in [0.5, 0.6) is 0 Å². The molecule has 0 N–H and O–H groups in total. The van der Waals surface area contributed by atoms with E-state index in [1.165, 1.54) is 0 Å². The van der Waals surface area contributed by atoms with E-state index in [0.29, 0.717) is 27.4 Å². The summed E-state index contributed by atoms with van der Waals surface area (Å²) in [5.41, 5.74) is -9.58. The van der Waals surface area contributed by atoms with Crippen molar-refractivity contribution in [3.63, 3.8) is 0 Å². The lowest BCUT2D eigenvalue weighted by atomic mass is 9.91. The Balaban J connectivity index is 1.73. The fourth-order valence-corrected chi connectivity index (χ4v) is 5.65. The van der Waals surface area contributed by atoms with Gasteiger partial charge in [-0.3, -0.25) is 30.3 Å². The predicted molar refractivity (Wildman–Crippen MR) is 171 cm³/mol. The molecule has 0 bridgehead atoms. The van der Waals surface area contributed by atoms with Gasteiger partial charge in [-0.2, -0.15) is 39.5 Å². The lowest BCUT2D eigenvalue weighted by molar-refractivity contribution is -0.385. The van der Waals surface area contributed by atoms with E-state index in [0.717, 1.165) is 72.8 Å². The molecule has 55 heavy (non-hydrogen) atoms. The molecule has 0 aliphatic rings. The molecule has 0 saturated heterocycles. The van der Waals surface area contributed by atoms with Gasteiger partial charge in [-0.15, -0.1) is 0 Å². The smallest absolute Gasteiger partial charge is 0.396 e. The van der Waals surface area contributed by atoms with E-state index in [2.05, 4.69) is 15.3 Å². The number of hydrogen-bond acceptors (Lipinski definition) is 9. The second-order valence-electron chi connectivity index (χ2n) is 11.6. The van der Waals surface area contributed by atoms with Gasteiger partial charge in [0.15, 0.2) is 11.4 Å². The average molecular weight is 780 g/mol. The van der Waals surface area contributed by atoms with E-state index < -0.39 is 91.6 Å². The molecule has 284 valence electrons. The zero-order chi connectivity index (χ0) is 40.2. The number of hydrogen-bond donors (Lipinski definition) is 0. The van der Waals surface area contributed by atoms with Crippen molar-refractivity contribution in [1.29, 1.82) is 0 Å². The van der Waals surface area contributed by atoms with Crippen LogP contribution in [0.25, 0.3) is 33.8 Å². The van der Waals surface area contributed by atoms with Gasteiger partial charge < -0.3 is 13.8 Å². The third-order valence-corrected chi connectivity index (χ3v) is 8.14. The van der Waals surface area contributed by atoms with Gasteiger partial charge in [0.2, 0.25) is 0 Å². The topological polar surface area (TPSA) is 183 Å². The molecule has 0 aliphatic carbocycles. The monoisotopic (exact) mass is 780 g/mol. The quantitative estimate of drug-likeness (QED) is 0.0614. The molecule has 25 heteroatoms. The lowest BCUT2D eigenvalue weighted by Crippen LogP contribution is -2.46. The van der Waals surface area contributed by atoms with Gasteiger partial charge >= 0.3 is 25.6 Å². The van der Waals surface area contributed by atoms with Crippen LogP contribution in [0.4, 0.5) is 56.6 Å². The van der Waals surface area contributed by atoms with E-state index in [9.17, 15) is 69.9 Å². The summed E-state index contributed by atoms with van der Waals surface area (Å²) in [5.74, 6) is 0. The average Bonchev–Trinajstić information content (AvgIpc) is 3.87. The number of nitro groups is 3. The summed E-state index contributed by atoms with van der Waals surface area (Å²) >= 11 is 0. The van der Waals surface area contributed by atoms with Crippen LogP contribution in [0.2, 0.25) is 0 Å². The van der Waals surface area contributed by atoms with Gasteiger partial charge in [0, 0.05) is 53.3 Å². The van der Waals surface area contributed by atoms with Crippen molar-refractivity contribution in [3.05, 3.63) is 138 Å². The Hall–Kier alpha value is -7.08. The molecule has 0 aliphatic heterocycles. The van der Waals surface area contributed by atoms with Crippen molar-refractivity contribution >= 4 is 24.2 Å². The minimum Gasteiger partial charge on any atom is -0.396 e. The standard InChI is InChI=1S/C30H16BF9N9O6/c32-28(33,34)25-14-23(17-3-9-20(10-4-17)48(52)53)44(42-25)31(45-24(15-26(43-45)29(35,36)37)18-5-11-21(12-6-18)49(54)55)46-27(30(38,39)40)13-22(41-46)16-1-7-19(8-2-16)47(50)51/h1-15,31H/q-1. The third-order valence-electron chi connectivity index (χ3n) is 8.14. The van der Waals surface area contributed by atoms with E-state index in [1.807, 2.05) is 0 Å². The van der Waals surface area contributed by atoms with Crippen molar-refractivity contribution < 1.29 is 54.3 Å². The molecule has 0 saturated carbocycles. The van der Waals surface area contributed by atoms with E-state index in [-0.39, 0.29) is 21.3 Å². The maximum atomic E-state index is 14.9. The first-order valence-electron chi connectivity index (χ1n) is 15.1. The first-order valence-corrected chi connectivity index (χ1v) is 15.1. The summed E-state index contributed by atoms with van der Waals surface area (Å²) in [6, 6.07) is 12.1. The summed E-state index contributed by atoms with van der Waals surface area (Å²) < 4.78 is 131. The Morgan fingerprint density at radius 1 is 0.473 bits per heavy atom. The van der Waals surface area contributed by atoms with E-state index >= 15 is 0 Å². The minimum atomic E-state index is -5.43. The molecule has 3 aromatic carbocycles. The Labute approximate surface area is 298 Å². The molecular weight excluding hydrogens is 764 g/mol. The SMILES string of the molecule is O=[N+]([O-])c1ccc(-c2cc(C(F)(F)F)n([BH-](n3nc(C(F)(F)F)cc3-c3ccc([N+](=O)[O-])cc3)n3nc(C(F)(F)F)cc3-c3ccc([N+](=O)[O-])cc3)n2)cc1. The van der Waals surface area contributed by atoms with Crippen LogP contribution in [0, 0.1) is 30.3 Å². The molecule has 6 aromatic rings. The first kappa shape index (κ1) is 37.7. The first-order chi connectivity index (χ1) is 25.6. The number of benzene rings is 3. The zero-order valence-electron chi connectivity index (χ0n) is 26.7. The highest BCUT2D eigenvalue weighted by atomic mass is 19.4. The van der Waals surface area contributed by atoms with Crippen molar-refractivity contribution in [2.24, 2.45) is 0 Å². The molecule has 0 unspecified atom stereocenters. The van der Waals surface area contributed by atoms with Gasteiger partial charge in [-0.25, -0.2) is 15.3 Å². The molecule has 6 rings (SSSR count). The molecule has 0 radical (unpaired) electrons. The highest BCUT2D eigenvalue weighted by molar-refractivity contribution is 6.54. The number of halogens is 9. The van der Waals surface area contributed by atoms with Crippen LogP contribution < -0.4 is 0 Å². The Kier molecular flexibility index (Phi) is 9.18. The number of nitro benzene ring substituents is 3. The number of rotatable bonds is 9. The normalized spacial score (nSPS) is 12.3. The number of aromatic nitrogens is 6. The molecule has 3 aromatic heterocycles. The van der Waals surface area contributed by atoms with Crippen LogP contribution in [0.3, 0.4) is 0 Å². The van der Waals surface area contributed by atoms with Gasteiger partial charge in [0.25, 0.3) is 17.1 Å². The molecule has 15 nitrogen and oxygen atoms in total. The number of non-ortho nitro benzene ring substituents is 3. The van der Waals surface area contributed by atoms with Crippen molar-refractivity contribution in [1.82, 2.24) is 29.1 Å². The van der Waals surface area contributed by atoms with Gasteiger partial charge in [0.05, 0.1) is 20.5 Å². The van der Waals surface area contributed by atoms with Crippen LogP contribution >= 0.6 is 0 Å². The van der Waals surface area contributed by atoms with E-state index in [4.69, 9.17) is 0 Å². The Morgan fingerprint density at radius 2 is 0.818 bits per heavy atom. The molecule has 0 spiro atoms. The largest absolute Gasteiger partial charge is 0.435 e. The lowest BCUT2D eigenvalue weighted by Gasteiger charge is -2.32. The summed E-state index contributed by atoms with van der Waals surface area (Å²) in [4.78, 5) is 31.3. The summed E-state index contributed by atoms with van der Waals surface area (Å²) in [6.07, 6.45) is -16.1. The number of nitrogens with zero attached hydrogens (tertiary/aromatic N) is 9. The van der Waals surface area contributed by atoms with E-state index in [1.54, 1.807) is 0 Å². The second-order valence-corrected chi connectivity index (χ2v) is 11.6. The van der Waals surface area contributed by atoms with Gasteiger partial charge in [-0.1, -0.05) is 0 Å². The highest BCUT2D eigenvalue weighted by Crippen LogP contribution is 2.38. The Morgan fingerprint density at radius 3 is 1.13 bits per heavy atom. The molecular formula is C30H16BF9N9O6-. The van der Waals surface area contributed by atoms with Crippen LogP contribution in [0.1, 0.15) is 17.1 Å². The minimum absolute atomic E-state index is 0.0703.